The number of phenolic OH excluding ortho intramolecular Hbond substituents is 1. The number of alkyl halides is 3. The van der Waals surface area contributed by atoms with Gasteiger partial charge in [-0.1, -0.05) is 18.2 Å². The van der Waals surface area contributed by atoms with E-state index >= 15 is 0 Å². The van der Waals surface area contributed by atoms with E-state index in [0.29, 0.717) is 10.4 Å². The Kier molecular flexibility index (Phi) is 4.78. The summed E-state index contributed by atoms with van der Waals surface area (Å²) in [5.41, 5.74) is 2.51. The van der Waals surface area contributed by atoms with Crippen LogP contribution in [0, 0.1) is 13.8 Å². The zero-order valence-corrected chi connectivity index (χ0v) is 14.9. The van der Waals surface area contributed by atoms with E-state index in [-0.39, 0.29) is 0 Å². The molecule has 0 spiro atoms. The van der Waals surface area contributed by atoms with Gasteiger partial charge in [-0.2, -0.15) is 13.2 Å². The molecule has 1 nitrogen and oxygen atoms in total. The Hall–Kier alpha value is -2.01. The van der Waals surface area contributed by atoms with Crippen LogP contribution in [0.3, 0.4) is 0 Å². The quantitative estimate of drug-likeness (QED) is 0.566. The third-order valence-electron chi connectivity index (χ3n) is 4.49. The molecule has 1 heterocycles. The van der Waals surface area contributed by atoms with Crippen LogP contribution in [-0.2, 0) is 19.0 Å². The molecule has 3 aromatic rings. The number of aromatic hydroxyl groups is 1. The molecule has 0 amide bonds. The number of hydrogen-bond donors (Lipinski definition) is 1. The van der Waals surface area contributed by atoms with Gasteiger partial charge in [-0.05, 0) is 73.4 Å². The topological polar surface area (TPSA) is 20.2 Å². The average molecular weight is 364 g/mol. The standard InChI is InChI=1S/C20H19F3OS/c1-12-10-14(6-9-17(12)24)4-3-5-18-13(2)16-8-7-15(20(21,22)23)11-19(16)25-18/h6-11,24H,3-5H2,1-2H3. The first-order valence-corrected chi connectivity index (χ1v) is 8.95. The SMILES string of the molecule is Cc1cc(CCCc2sc3cc(C(F)(F)F)ccc3c2C)ccc1O. The molecule has 0 bridgehead atoms. The van der Waals surface area contributed by atoms with E-state index in [9.17, 15) is 18.3 Å². The van der Waals surface area contributed by atoms with E-state index in [4.69, 9.17) is 0 Å². The summed E-state index contributed by atoms with van der Waals surface area (Å²) < 4.78 is 39.3. The van der Waals surface area contributed by atoms with Crippen molar-refractivity contribution < 1.29 is 18.3 Å². The molecule has 5 heteroatoms. The summed E-state index contributed by atoms with van der Waals surface area (Å²) in [7, 11) is 0. The van der Waals surface area contributed by atoms with Gasteiger partial charge in [0.05, 0.1) is 5.56 Å². The molecular formula is C20H19F3OS. The monoisotopic (exact) mass is 364 g/mol. The maximum Gasteiger partial charge on any atom is 0.416 e. The molecule has 2 aromatic carbocycles. The van der Waals surface area contributed by atoms with Crippen LogP contribution in [0.1, 0.15) is 33.6 Å². The second-order valence-electron chi connectivity index (χ2n) is 6.33. The van der Waals surface area contributed by atoms with Crippen molar-refractivity contribution in [3.05, 3.63) is 63.5 Å². The van der Waals surface area contributed by atoms with Crippen LogP contribution in [0.5, 0.6) is 5.75 Å². The number of benzene rings is 2. The van der Waals surface area contributed by atoms with E-state index in [1.807, 2.05) is 26.0 Å². The Bertz CT molecular complexity index is 909. The van der Waals surface area contributed by atoms with Crippen LogP contribution in [0.2, 0.25) is 0 Å². The number of hydrogen-bond acceptors (Lipinski definition) is 2. The van der Waals surface area contributed by atoms with Crippen LogP contribution in [-0.4, -0.2) is 5.11 Å². The Morgan fingerprint density at radius 2 is 1.76 bits per heavy atom. The van der Waals surface area contributed by atoms with Crippen LogP contribution in [0.15, 0.2) is 36.4 Å². The van der Waals surface area contributed by atoms with E-state index < -0.39 is 11.7 Å². The van der Waals surface area contributed by atoms with Gasteiger partial charge in [0.2, 0.25) is 0 Å². The second kappa shape index (κ2) is 6.71. The molecule has 3 rings (SSSR count). The van der Waals surface area contributed by atoms with Gasteiger partial charge in [-0.25, -0.2) is 0 Å². The third kappa shape index (κ3) is 3.82. The first kappa shape index (κ1) is 17.8. The second-order valence-corrected chi connectivity index (χ2v) is 7.47. The average Bonchev–Trinajstić information content (AvgIpc) is 2.86. The number of fused-ring (bicyclic) bond motifs is 1. The summed E-state index contributed by atoms with van der Waals surface area (Å²) in [5, 5.41) is 10.5. The van der Waals surface area contributed by atoms with E-state index in [2.05, 4.69) is 0 Å². The Balaban J connectivity index is 1.75. The van der Waals surface area contributed by atoms with Crippen molar-refractivity contribution in [2.45, 2.75) is 39.3 Å². The highest BCUT2D eigenvalue weighted by Crippen LogP contribution is 2.37. The molecule has 1 N–H and O–H groups in total. The van der Waals surface area contributed by atoms with Gasteiger partial charge >= 0.3 is 6.18 Å². The molecular weight excluding hydrogens is 345 g/mol. The summed E-state index contributed by atoms with van der Waals surface area (Å²) in [6, 6.07) is 9.58. The Morgan fingerprint density at radius 3 is 2.44 bits per heavy atom. The van der Waals surface area contributed by atoms with Crippen molar-refractivity contribution in [2.75, 3.05) is 0 Å². The van der Waals surface area contributed by atoms with Crippen molar-refractivity contribution in [2.24, 2.45) is 0 Å². The van der Waals surface area contributed by atoms with Crippen molar-refractivity contribution in [1.82, 2.24) is 0 Å². The highest BCUT2D eigenvalue weighted by molar-refractivity contribution is 7.19. The molecule has 0 aliphatic rings. The van der Waals surface area contributed by atoms with Gasteiger partial charge < -0.3 is 5.11 Å². The molecule has 0 fully saturated rings. The van der Waals surface area contributed by atoms with Gasteiger partial charge in [-0.3, -0.25) is 0 Å². The van der Waals surface area contributed by atoms with Crippen molar-refractivity contribution in [3.63, 3.8) is 0 Å². The number of thiophene rings is 1. The predicted molar refractivity (Wildman–Crippen MR) is 96.4 cm³/mol. The summed E-state index contributed by atoms with van der Waals surface area (Å²) in [6.07, 6.45) is -1.66. The molecule has 0 saturated carbocycles. The molecule has 25 heavy (non-hydrogen) atoms. The number of rotatable bonds is 4. The molecule has 0 radical (unpaired) electrons. The minimum Gasteiger partial charge on any atom is -0.508 e. The largest absolute Gasteiger partial charge is 0.508 e. The van der Waals surface area contributed by atoms with Gasteiger partial charge in [0.15, 0.2) is 0 Å². The van der Waals surface area contributed by atoms with Gasteiger partial charge in [0.1, 0.15) is 5.75 Å². The fourth-order valence-corrected chi connectivity index (χ4v) is 4.31. The van der Waals surface area contributed by atoms with Crippen LogP contribution in [0.4, 0.5) is 13.2 Å². The minimum atomic E-state index is -4.30. The number of halogens is 3. The molecule has 1 aromatic heterocycles. The lowest BCUT2D eigenvalue weighted by Crippen LogP contribution is -2.03. The lowest BCUT2D eigenvalue weighted by Gasteiger charge is -2.05. The zero-order valence-electron chi connectivity index (χ0n) is 14.1. The van der Waals surface area contributed by atoms with E-state index in [1.165, 1.54) is 17.4 Å². The molecule has 0 unspecified atom stereocenters. The van der Waals surface area contributed by atoms with Crippen molar-refractivity contribution in [1.29, 1.82) is 0 Å². The molecule has 0 aliphatic heterocycles. The highest BCUT2D eigenvalue weighted by Gasteiger charge is 2.30. The maximum absolute atomic E-state index is 12.9. The lowest BCUT2D eigenvalue weighted by atomic mass is 10.0. The molecule has 0 atom stereocenters. The van der Waals surface area contributed by atoms with Crippen LogP contribution >= 0.6 is 11.3 Å². The lowest BCUT2D eigenvalue weighted by molar-refractivity contribution is -0.137. The van der Waals surface area contributed by atoms with Crippen LogP contribution < -0.4 is 0 Å². The smallest absolute Gasteiger partial charge is 0.416 e. The fourth-order valence-electron chi connectivity index (χ4n) is 3.02. The first-order chi connectivity index (χ1) is 11.8. The fraction of sp³-hybridized carbons (Fsp3) is 0.300. The number of aryl methyl sites for hydroxylation is 4. The summed E-state index contributed by atoms with van der Waals surface area (Å²) >= 11 is 1.45. The van der Waals surface area contributed by atoms with Gasteiger partial charge in [0.25, 0.3) is 0 Å². The summed E-state index contributed by atoms with van der Waals surface area (Å²) in [5.74, 6) is 0.296. The van der Waals surface area contributed by atoms with E-state index in [0.717, 1.165) is 52.3 Å². The maximum atomic E-state index is 12.9. The summed E-state index contributed by atoms with van der Waals surface area (Å²) in [4.78, 5) is 1.14. The van der Waals surface area contributed by atoms with Crippen molar-refractivity contribution in [3.8, 4) is 5.75 Å². The third-order valence-corrected chi connectivity index (χ3v) is 5.81. The Labute approximate surface area is 148 Å². The van der Waals surface area contributed by atoms with Gasteiger partial charge in [-0.15, -0.1) is 11.3 Å². The highest BCUT2D eigenvalue weighted by atomic mass is 32.1. The molecule has 0 aliphatic carbocycles. The first-order valence-electron chi connectivity index (χ1n) is 8.13. The van der Waals surface area contributed by atoms with E-state index in [1.54, 1.807) is 12.1 Å². The minimum absolute atomic E-state index is 0.296. The van der Waals surface area contributed by atoms with Crippen LogP contribution in [0.25, 0.3) is 10.1 Å². The normalized spacial score (nSPS) is 12.0. The van der Waals surface area contributed by atoms with Gasteiger partial charge in [0, 0.05) is 9.58 Å². The van der Waals surface area contributed by atoms with Crippen molar-refractivity contribution >= 4 is 21.4 Å². The number of phenols is 1. The Morgan fingerprint density at radius 1 is 1.00 bits per heavy atom. The zero-order chi connectivity index (χ0) is 18.2. The molecule has 0 saturated heterocycles. The summed E-state index contributed by atoms with van der Waals surface area (Å²) in [6.45, 7) is 3.85. The molecule has 132 valence electrons. The predicted octanol–water partition coefficient (Wildman–Crippen LogP) is 6.42.